The van der Waals surface area contributed by atoms with Gasteiger partial charge in [-0.3, -0.25) is 0 Å². The van der Waals surface area contributed by atoms with Gasteiger partial charge >= 0.3 is 0 Å². The Labute approximate surface area is 438 Å². The zero-order chi connectivity index (χ0) is 54.9. The lowest BCUT2D eigenvalue weighted by atomic mass is 9.35. The molecule has 432 valence electrons. The first kappa shape index (κ1) is 59.7. The van der Waals surface area contributed by atoms with E-state index in [0.717, 1.165) is 37.7 Å². The van der Waals surface area contributed by atoms with E-state index in [4.69, 9.17) is 37.9 Å². The lowest BCUT2D eigenvalue weighted by Gasteiger charge is -2.69. The Morgan fingerprint density at radius 2 is 1.16 bits per heavy atom. The average Bonchev–Trinajstić information content (AvgIpc) is 3.74. The second-order valence-electron chi connectivity index (χ2n) is 24.6. The molecule has 8 aliphatic rings. The van der Waals surface area contributed by atoms with Crippen LogP contribution in [0.3, 0.4) is 0 Å². The Bertz CT molecular complexity index is 1940. The molecule has 29 unspecified atom stereocenters. The SMILES string of the molecule is CC(C)=CCCC(OC1OC(COC2OC(C)C(O)C(O)C2O)C(O)C(O)C1O)C1CCC2(C)C1CCC1C3(C=O)CCC(OC4OC(CO)C(O)C(O)C4OC4OC(CO)C(O)C(O)C4O)C(C)(C)C3CCC12C. The summed E-state index contributed by atoms with van der Waals surface area (Å²) in [6.07, 6.45) is -21.3. The summed E-state index contributed by atoms with van der Waals surface area (Å²) in [5.41, 5.74) is -0.891. The van der Waals surface area contributed by atoms with Crippen LogP contribution in [0.5, 0.6) is 0 Å². The van der Waals surface area contributed by atoms with Crippen molar-refractivity contribution in [1.82, 2.24) is 0 Å². The minimum Gasteiger partial charge on any atom is -0.394 e. The predicted octanol–water partition coefficient (Wildman–Crippen LogP) is -1.36. The zero-order valence-corrected chi connectivity index (χ0v) is 44.3. The minimum atomic E-state index is -1.83. The fourth-order valence-electron chi connectivity index (χ4n) is 15.6. The fourth-order valence-corrected chi connectivity index (χ4v) is 15.6. The summed E-state index contributed by atoms with van der Waals surface area (Å²) in [5.74, 6) is -0.0667. The maximum Gasteiger partial charge on any atom is 0.187 e. The van der Waals surface area contributed by atoms with E-state index >= 15 is 0 Å². The summed E-state index contributed by atoms with van der Waals surface area (Å²) in [5, 5.41) is 139. The molecule has 4 aliphatic heterocycles. The van der Waals surface area contributed by atoms with Gasteiger partial charge in [-0.1, -0.05) is 39.3 Å². The van der Waals surface area contributed by atoms with Gasteiger partial charge in [0, 0.05) is 5.41 Å². The Hall–Kier alpha value is -1.43. The quantitative estimate of drug-likeness (QED) is 0.0482. The maximum atomic E-state index is 14.1. The van der Waals surface area contributed by atoms with Crippen molar-refractivity contribution in [3.05, 3.63) is 11.6 Å². The van der Waals surface area contributed by atoms with Crippen molar-refractivity contribution in [2.75, 3.05) is 19.8 Å². The molecule has 4 saturated carbocycles. The van der Waals surface area contributed by atoms with Crippen molar-refractivity contribution in [2.24, 2.45) is 45.3 Å². The normalized spacial score (nSPS) is 52.2. The summed E-state index contributed by atoms with van der Waals surface area (Å²) < 4.78 is 48.7. The average molecular weight is 1080 g/mol. The zero-order valence-electron chi connectivity index (χ0n) is 44.3. The number of hydrogen-bond acceptors (Lipinski definition) is 22. The number of hydrogen-bond donors (Lipinski definition) is 13. The molecule has 4 saturated heterocycles. The minimum absolute atomic E-state index is 0.0104. The van der Waals surface area contributed by atoms with Crippen LogP contribution in [0, 0.1) is 45.3 Å². The van der Waals surface area contributed by atoms with Gasteiger partial charge in [-0.15, -0.1) is 0 Å². The molecular weight excluding hydrogens is 989 g/mol. The van der Waals surface area contributed by atoms with Crippen molar-refractivity contribution in [3.8, 4) is 0 Å². The molecule has 22 heteroatoms. The second-order valence-corrected chi connectivity index (χ2v) is 24.6. The Kier molecular flexibility index (Phi) is 18.5. The monoisotopic (exact) mass is 1080 g/mol. The highest BCUT2D eigenvalue weighted by atomic mass is 16.8. The van der Waals surface area contributed by atoms with Crippen molar-refractivity contribution >= 4 is 6.29 Å². The van der Waals surface area contributed by atoms with Crippen molar-refractivity contribution < 1.29 is 109 Å². The van der Waals surface area contributed by atoms with E-state index in [0.29, 0.717) is 32.1 Å². The van der Waals surface area contributed by atoms with Crippen molar-refractivity contribution in [2.45, 2.75) is 248 Å². The van der Waals surface area contributed by atoms with Gasteiger partial charge in [0.25, 0.3) is 0 Å². The summed E-state index contributed by atoms with van der Waals surface area (Å²) in [6.45, 7) is 12.5. The Morgan fingerprint density at radius 3 is 1.80 bits per heavy atom. The lowest BCUT2D eigenvalue weighted by Crippen LogP contribution is -2.67. The van der Waals surface area contributed by atoms with Gasteiger partial charge in [-0.05, 0) is 125 Å². The molecule has 4 aliphatic carbocycles. The number of rotatable bonds is 16. The summed E-state index contributed by atoms with van der Waals surface area (Å²) in [7, 11) is 0. The molecule has 4 heterocycles. The van der Waals surface area contributed by atoms with Gasteiger partial charge in [0.2, 0.25) is 0 Å². The molecule has 0 aromatic heterocycles. The molecule has 22 nitrogen and oxygen atoms in total. The number of carbonyl (C=O) groups excluding carboxylic acids is 1. The molecule has 0 amide bonds. The molecular formula is C53H88O22. The third-order valence-corrected chi connectivity index (χ3v) is 20.2. The van der Waals surface area contributed by atoms with E-state index in [1.165, 1.54) is 13.2 Å². The molecule has 75 heavy (non-hydrogen) atoms. The van der Waals surface area contributed by atoms with Crippen LogP contribution in [-0.2, 0) is 42.7 Å². The molecule has 29 atom stereocenters. The van der Waals surface area contributed by atoms with Gasteiger partial charge in [-0.2, -0.15) is 0 Å². The lowest BCUT2D eigenvalue weighted by molar-refractivity contribution is -0.378. The molecule has 8 fully saturated rings. The Morgan fingerprint density at radius 1 is 0.587 bits per heavy atom. The van der Waals surface area contributed by atoms with Gasteiger partial charge in [0.05, 0.1) is 38.1 Å². The van der Waals surface area contributed by atoms with Gasteiger partial charge in [-0.25, -0.2) is 0 Å². The van der Waals surface area contributed by atoms with E-state index in [-0.39, 0.29) is 34.5 Å². The van der Waals surface area contributed by atoms with Gasteiger partial charge < -0.3 is 109 Å². The van der Waals surface area contributed by atoms with Gasteiger partial charge in [0.15, 0.2) is 25.2 Å². The number of aldehydes is 1. The maximum absolute atomic E-state index is 14.1. The first-order valence-electron chi connectivity index (χ1n) is 27.3. The van der Waals surface area contributed by atoms with E-state index in [9.17, 15) is 71.2 Å². The van der Waals surface area contributed by atoms with Crippen LogP contribution >= 0.6 is 0 Å². The number of aliphatic hydroxyl groups is 13. The highest BCUT2D eigenvalue weighted by Crippen LogP contribution is 2.75. The first-order chi connectivity index (χ1) is 35.3. The summed E-state index contributed by atoms with van der Waals surface area (Å²) in [4.78, 5) is 14.1. The molecule has 0 aromatic rings. The van der Waals surface area contributed by atoms with Crippen LogP contribution in [0.1, 0.15) is 113 Å². The highest BCUT2D eigenvalue weighted by Gasteiger charge is 2.71. The topological polar surface area (TPSA) is 354 Å². The van der Waals surface area contributed by atoms with E-state index in [2.05, 4.69) is 33.8 Å². The summed E-state index contributed by atoms with van der Waals surface area (Å²) >= 11 is 0. The van der Waals surface area contributed by atoms with Crippen LogP contribution in [-0.4, -0.2) is 228 Å². The van der Waals surface area contributed by atoms with Crippen LogP contribution in [0.2, 0.25) is 0 Å². The van der Waals surface area contributed by atoms with E-state index < -0.39 is 166 Å². The first-order valence-corrected chi connectivity index (χ1v) is 27.3. The molecule has 0 aromatic carbocycles. The van der Waals surface area contributed by atoms with Crippen LogP contribution in [0.15, 0.2) is 11.6 Å². The number of carbonyl (C=O) groups is 1. The van der Waals surface area contributed by atoms with Crippen LogP contribution < -0.4 is 0 Å². The molecule has 0 bridgehead atoms. The van der Waals surface area contributed by atoms with Crippen LogP contribution in [0.4, 0.5) is 0 Å². The second kappa shape index (κ2) is 23.2. The third-order valence-electron chi connectivity index (χ3n) is 20.2. The molecule has 0 spiro atoms. The van der Waals surface area contributed by atoms with E-state index in [1.807, 2.05) is 13.8 Å². The molecule has 0 radical (unpaired) electrons. The number of aliphatic hydroxyl groups excluding tert-OH is 13. The van der Waals surface area contributed by atoms with E-state index in [1.54, 1.807) is 0 Å². The Balaban J connectivity index is 0.993. The smallest absolute Gasteiger partial charge is 0.187 e. The number of allylic oxidation sites excluding steroid dienone is 2. The van der Waals surface area contributed by atoms with Crippen molar-refractivity contribution in [1.29, 1.82) is 0 Å². The molecule has 8 rings (SSSR count). The van der Waals surface area contributed by atoms with Crippen LogP contribution in [0.25, 0.3) is 0 Å². The number of ether oxygens (including phenoxy) is 8. The largest absolute Gasteiger partial charge is 0.394 e. The standard InChI is InChI=1S/C53H88O22/c1-23(2)9-8-10-27(70-47-43(66)40(63)37(60)30(73-47)21-68-46-42(65)38(61)34(57)24(3)69-46)25-13-16-51(6)26(25)11-12-32-52(51,7)17-14-31-50(4,5)33(15-18-53(31,32)22-56)74-49-45(41(64)36(59)29(20-55)72-49)75-48-44(67)39(62)35(58)28(19-54)71-48/h9,22,24-49,54-55,57-67H,8,10-21H2,1-7H3. The van der Waals surface area contributed by atoms with Crippen molar-refractivity contribution in [3.63, 3.8) is 0 Å². The molecule has 13 N–H and O–H groups in total. The third kappa shape index (κ3) is 10.6. The number of fused-ring (bicyclic) bond motifs is 5. The predicted molar refractivity (Wildman–Crippen MR) is 259 cm³/mol. The summed E-state index contributed by atoms with van der Waals surface area (Å²) in [6, 6.07) is 0. The fraction of sp³-hybridized carbons (Fsp3) is 0.943. The highest BCUT2D eigenvalue weighted by molar-refractivity contribution is 5.62. The van der Waals surface area contributed by atoms with Gasteiger partial charge in [0.1, 0.15) is 97.8 Å².